The van der Waals surface area contributed by atoms with Crippen molar-refractivity contribution < 1.29 is 9.90 Å². The number of nitrogens with zero attached hydrogens (tertiary/aromatic N) is 2. The predicted octanol–water partition coefficient (Wildman–Crippen LogP) is 2.32. The minimum absolute atomic E-state index is 0.280. The Morgan fingerprint density at radius 1 is 1.50 bits per heavy atom. The SMILES string of the molecule is CC(CCCC(C)C(=O)O)NCc1cccnc1C#N. The maximum Gasteiger partial charge on any atom is 0.306 e. The summed E-state index contributed by atoms with van der Waals surface area (Å²) in [4.78, 5) is 14.7. The summed E-state index contributed by atoms with van der Waals surface area (Å²) in [6.07, 6.45) is 4.09. The van der Waals surface area contributed by atoms with Crippen molar-refractivity contribution in [3.05, 3.63) is 29.6 Å². The third-order valence-corrected chi connectivity index (χ3v) is 3.33. The maximum atomic E-state index is 10.7. The number of carboxylic acid groups (broad SMARTS) is 1. The Hall–Kier alpha value is -1.93. The smallest absolute Gasteiger partial charge is 0.306 e. The molecule has 0 radical (unpaired) electrons. The van der Waals surface area contributed by atoms with Crippen molar-refractivity contribution in [3.63, 3.8) is 0 Å². The Morgan fingerprint density at radius 3 is 2.90 bits per heavy atom. The molecule has 0 saturated carbocycles. The minimum Gasteiger partial charge on any atom is -0.481 e. The molecular weight excluding hydrogens is 254 g/mol. The van der Waals surface area contributed by atoms with E-state index < -0.39 is 5.97 Å². The standard InChI is InChI=1S/C15H21N3O2/c1-11(15(19)20)5-3-6-12(2)18-10-13-7-4-8-17-14(13)9-16/h4,7-8,11-12,18H,3,5-6,10H2,1-2H3,(H,19,20). The van der Waals surface area contributed by atoms with Gasteiger partial charge in [0, 0.05) is 24.3 Å². The number of aliphatic carboxylic acids is 1. The van der Waals surface area contributed by atoms with Crippen LogP contribution in [0.2, 0.25) is 0 Å². The number of pyridine rings is 1. The number of carboxylic acids is 1. The van der Waals surface area contributed by atoms with Crippen molar-refractivity contribution >= 4 is 5.97 Å². The molecule has 0 aliphatic carbocycles. The van der Waals surface area contributed by atoms with Gasteiger partial charge in [-0.15, -0.1) is 0 Å². The number of aromatic nitrogens is 1. The quantitative estimate of drug-likeness (QED) is 0.760. The van der Waals surface area contributed by atoms with E-state index in [0.717, 1.165) is 18.4 Å². The highest BCUT2D eigenvalue weighted by Gasteiger charge is 2.11. The van der Waals surface area contributed by atoms with E-state index in [2.05, 4.69) is 23.3 Å². The first-order valence-electron chi connectivity index (χ1n) is 6.84. The number of rotatable bonds is 8. The van der Waals surface area contributed by atoms with E-state index in [0.29, 0.717) is 18.7 Å². The van der Waals surface area contributed by atoms with Crippen LogP contribution in [-0.2, 0) is 11.3 Å². The fourth-order valence-electron chi connectivity index (χ4n) is 1.92. The molecule has 0 aromatic carbocycles. The Bertz CT molecular complexity index is 482. The van der Waals surface area contributed by atoms with Crippen molar-refractivity contribution in [1.82, 2.24) is 10.3 Å². The first-order valence-corrected chi connectivity index (χ1v) is 6.84. The Kier molecular flexibility index (Phi) is 6.68. The van der Waals surface area contributed by atoms with Gasteiger partial charge in [0.2, 0.25) is 0 Å². The zero-order valence-corrected chi connectivity index (χ0v) is 12.0. The van der Waals surface area contributed by atoms with Gasteiger partial charge in [-0.3, -0.25) is 4.79 Å². The Labute approximate surface area is 119 Å². The molecular formula is C15H21N3O2. The second-order valence-electron chi connectivity index (χ2n) is 5.08. The summed E-state index contributed by atoms with van der Waals surface area (Å²) in [6.45, 7) is 4.40. The van der Waals surface area contributed by atoms with E-state index in [9.17, 15) is 4.79 Å². The van der Waals surface area contributed by atoms with Gasteiger partial charge in [0.25, 0.3) is 0 Å². The normalized spacial score (nSPS) is 13.4. The van der Waals surface area contributed by atoms with Crippen LogP contribution in [0.5, 0.6) is 0 Å². The molecule has 0 fully saturated rings. The Balaban J connectivity index is 2.31. The van der Waals surface area contributed by atoms with Crippen molar-refractivity contribution in [2.24, 2.45) is 5.92 Å². The van der Waals surface area contributed by atoms with Crippen LogP contribution < -0.4 is 5.32 Å². The van der Waals surface area contributed by atoms with E-state index in [1.807, 2.05) is 12.1 Å². The van der Waals surface area contributed by atoms with Gasteiger partial charge in [0.1, 0.15) is 11.8 Å². The zero-order valence-electron chi connectivity index (χ0n) is 12.0. The largest absolute Gasteiger partial charge is 0.481 e. The summed E-state index contributed by atoms with van der Waals surface area (Å²) in [6, 6.07) is 6.06. The molecule has 5 nitrogen and oxygen atoms in total. The molecule has 1 heterocycles. The number of hydrogen-bond acceptors (Lipinski definition) is 4. The number of hydrogen-bond donors (Lipinski definition) is 2. The van der Waals surface area contributed by atoms with Crippen LogP contribution in [0.1, 0.15) is 44.4 Å². The summed E-state index contributed by atoms with van der Waals surface area (Å²) in [5, 5.41) is 21.1. The van der Waals surface area contributed by atoms with E-state index in [-0.39, 0.29) is 12.0 Å². The molecule has 0 aliphatic rings. The van der Waals surface area contributed by atoms with Gasteiger partial charge >= 0.3 is 5.97 Å². The lowest BCUT2D eigenvalue weighted by atomic mass is 10.0. The van der Waals surface area contributed by atoms with Crippen LogP contribution >= 0.6 is 0 Å². The van der Waals surface area contributed by atoms with Crippen molar-refractivity contribution in [3.8, 4) is 6.07 Å². The summed E-state index contributed by atoms with van der Waals surface area (Å²) in [7, 11) is 0. The monoisotopic (exact) mass is 275 g/mol. The molecule has 20 heavy (non-hydrogen) atoms. The summed E-state index contributed by atoms with van der Waals surface area (Å²) < 4.78 is 0. The molecule has 1 rings (SSSR count). The second-order valence-corrected chi connectivity index (χ2v) is 5.08. The lowest BCUT2D eigenvalue weighted by Gasteiger charge is -2.14. The average molecular weight is 275 g/mol. The molecule has 0 saturated heterocycles. The van der Waals surface area contributed by atoms with E-state index in [4.69, 9.17) is 10.4 Å². The molecule has 108 valence electrons. The van der Waals surface area contributed by atoms with Crippen molar-refractivity contribution in [1.29, 1.82) is 5.26 Å². The zero-order chi connectivity index (χ0) is 15.0. The van der Waals surface area contributed by atoms with Gasteiger partial charge < -0.3 is 10.4 Å². The topological polar surface area (TPSA) is 86.0 Å². The first-order chi connectivity index (χ1) is 9.54. The van der Waals surface area contributed by atoms with Gasteiger partial charge in [0.15, 0.2) is 0 Å². The summed E-state index contributed by atoms with van der Waals surface area (Å²) in [5.41, 5.74) is 1.34. The molecule has 2 unspecified atom stereocenters. The van der Waals surface area contributed by atoms with Crippen LogP contribution in [0.3, 0.4) is 0 Å². The molecule has 0 bridgehead atoms. The second kappa shape index (κ2) is 8.28. The number of nitrogens with one attached hydrogen (secondary N) is 1. The third kappa shape index (κ3) is 5.37. The van der Waals surface area contributed by atoms with E-state index in [1.165, 1.54) is 0 Å². The van der Waals surface area contributed by atoms with Crippen LogP contribution in [-0.4, -0.2) is 22.1 Å². The highest BCUT2D eigenvalue weighted by molar-refractivity contribution is 5.69. The Morgan fingerprint density at radius 2 is 2.25 bits per heavy atom. The molecule has 2 atom stereocenters. The highest BCUT2D eigenvalue weighted by Crippen LogP contribution is 2.10. The fourth-order valence-corrected chi connectivity index (χ4v) is 1.92. The summed E-state index contributed by atoms with van der Waals surface area (Å²) >= 11 is 0. The molecule has 1 aromatic rings. The van der Waals surface area contributed by atoms with Gasteiger partial charge in [-0.1, -0.05) is 19.4 Å². The predicted molar refractivity (Wildman–Crippen MR) is 75.9 cm³/mol. The van der Waals surface area contributed by atoms with Crippen molar-refractivity contribution in [2.75, 3.05) is 0 Å². The van der Waals surface area contributed by atoms with Crippen molar-refractivity contribution in [2.45, 2.75) is 45.7 Å². The molecule has 0 spiro atoms. The van der Waals surface area contributed by atoms with Crippen LogP contribution in [0.4, 0.5) is 0 Å². The minimum atomic E-state index is -0.736. The average Bonchev–Trinajstić information content (AvgIpc) is 2.45. The molecule has 1 aromatic heterocycles. The van der Waals surface area contributed by atoms with Gasteiger partial charge in [-0.05, 0) is 25.8 Å². The molecule has 5 heteroatoms. The lowest BCUT2D eigenvalue weighted by molar-refractivity contribution is -0.141. The van der Waals surface area contributed by atoms with Gasteiger partial charge in [0.05, 0.1) is 5.92 Å². The third-order valence-electron chi connectivity index (χ3n) is 3.33. The first kappa shape index (κ1) is 16.1. The van der Waals surface area contributed by atoms with Gasteiger partial charge in [-0.2, -0.15) is 5.26 Å². The summed E-state index contributed by atoms with van der Waals surface area (Å²) in [5.74, 6) is -1.02. The van der Waals surface area contributed by atoms with E-state index in [1.54, 1.807) is 13.1 Å². The number of nitriles is 1. The highest BCUT2D eigenvalue weighted by atomic mass is 16.4. The maximum absolute atomic E-state index is 10.7. The lowest BCUT2D eigenvalue weighted by Crippen LogP contribution is -2.26. The van der Waals surface area contributed by atoms with Crippen LogP contribution in [0.15, 0.2) is 18.3 Å². The molecule has 2 N–H and O–H groups in total. The molecule has 0 amide bonds. The van der Waals surface area contributed by atoms with Crippen LogP contribution in [0, 0.1) is 17.2 Å². The van der Waals surface area contributed by atoms with Crippen LogP contribution in [0.25, 0.3) is 0 Å². The van der Waals surface area contributed by atoms with E-state index >= 15 is 0 Å². The number of carbonyl (C=O) groups is 1. The van der Waals surface area contributed by atoms with Gasteiger partial charge in [-0.25, -0.2) is 4.98 Å². The fraction of sp³-hybridized carbons (Fsp3) is 0.533. The molecule has 0 aliphatic heterocycles.